The number of hydrogen-bond donors (Lipinski definition) is 1. The number of rotatable bonds is 5. The van der Waals surface area contributed by atoms with Gasteiger partial charge in [-0.05, 0) is 24.1 Å². The number of hydrogen-bond acceptors (Lipinski definition) is 5. The highest BCUT2D eigenvalue weighted by Crippen LogP contribution is 2.30. The number of methoxy groups -OCH3 is 1. The molecular formula is C14H17ClN2O3. The van der Waals surface area contributed by atoms with Crippen molar-refractivity contribution in [3.05, 3.63) is 29.1 Å². The summed E-state index contributed by atoms with van der Waals surface area (Å²) >= 11 is 5.91. The number of ether oxygens (including phenoxy) is 1. The number of aromatic nitrogens is 2. The fourth-order valence-electron chi connectivity index (χ4n) is 1.71. The monoisotopic (exact) mass is 296 g/mol. The van der Waals surface area contributed by atoms with Crippen LogP contribution in [0.3, 0.4) is 0 Å². The maximum Gasteiger partial charge on any atom is 0.229 e. The topological polar surface area (TPSA) is 68.4 Å². The lowest BCUT2D eigenvalue weighted by atomic mass is 10.0. The molecule has 108 valence electrons. The third-order valence-corrected chi connectivity index (χ3v) is 3.26. The lowest BCUT2D eigenvalue weighted by Crippen LogP contribution is -2.17. The maximum absolute atomic E-state index is 9.83. The zero-order valence-electron chi connectivity index (χ0n) is 11.6. The van der Waals surface area contributed by atoms with Crippen LogP contribution < -0.4 is 4.74 Å². The van der Waals surface area contributed by atoms with Crippen molar-refractivity contribution in [2.24, 2.45) is 5.92 Å². The van der Waals surface area contributed by atoms with Gasteiger partial charge in [0.15, 0.2) is 0 Å². The summed E-state index contributed by atoms with van der Waals surface area (Å²) in [5, 5.41) is 14.3. The van der Waals surface area contributed by atoms with Gasteiger partial charge in [-0.3, -0.25) is 0 Å². The molecular weight excluding hydrogens is 280 g/mol. The first-order chi connectivity index (χ1) is 9.51. The fraction of sp³-hybridized carbons (Fsp3) is 0.429. The molecule has 2 aromatic rings. The van der Waals surface area contributed by atoms with Gasteiger partial charge in [-0.15, -0.1) is 0 Å². The summed E-state index contributed by atoms with van der Waals surface area (Å²) in [6, 6.07) is 5.20. The first-order valence-electron chi connectivity index (χ1n) is 6.35. The third kappa shape index (κ3) is 3.29. The molecule has 0 amide bonds. The molecule has 0 fully saturated rings. The van der Waals surface area contributed by atoms with E-state index in [4.69, 9.17) is 20.9 Å². The molecule has 0 aliphatic rings. The van der Waals surface area contributed by atoms with Crippen LogP contribution in [0.15, 0.2) is 22.7 Å². The van der Waals surface area contributed by atoms with E-state index in [-0.39, 0.29) is 5.92 Å². The molecule has 0 aliphatic heterocycles. The van der Waals surface area contributed by atoms with Crippen molar-refractivity contribution in [2.45, 2.75) is 26.4 Å². The summed E-state index contributed by atoms with van der Waals surface area (Å²) in [6.45, 7) is 3.87. The SMILES string of the molecule is COc1cc(Cl)ccc1-c1noc(CC(O)C(C)C)n1. The zero-order valence-corrected chi connectivity index (χ0v) is 12.4. The largest absolute Gasteiger partial charge is 0.496 e. The van der Waals surface area contributed by atoms with Gasteiger partial charge in [0, 0.05) is 5.02 Å². The number of nitrogens with zero attached hydrogens (tertiary/aromatic N) is 2. The molecule has 1 heterocycles. The first kappa shape index (κ1) is 14.8. The van der Waals surface area contributed by atoms with Crippen LogP contribution >= 0.6 is 11.6 Å². The van der Waals surface area contributed by atoms with Crippen LogP contribution in [-0.4, -0.2) is 28.5 Å². The molecule has 6 heteroatoms. The van der Waals surface area contributed by atoms with E-state index >= 15 is 0 Å². The average Bonchev–Trinajstić information content (AvgIpc) is 2.86. The van der Waals surface area contributed by atoms with E-state index in [1.165, 1.54) is 0 Å². The Labute approximate surface area is 122 Å². The molecule has 0 saturated heterocycles. The van der Waals surface area contributed by atoms with Gasteiger partial charge in [0.05, 0.1) is 25.2 Å². The third-order valence-electron chi connectivity index (χ3n) is 3.03. The molecule has 1 aromatic carbocycles. The van der Waals surface area contributed by atoms with Gasteiger partial charge >= 0.3 is 0 Å². The summed E-state index contributed by atoms with van der Waals surface area (Å²) in [5.74, 6) is 1.53. The van der Waals surface area contributed by atoms with Crippen molar-refractivity contribution in [1.82, 2.24) is 10.1 Å². The normalized spacial score (nSPS) is 12.7. The first-order valence-corrected chi connectivity index (χ1v) is 6.73. The van der Waals surface area contributed by atoms with Crippen LogP contribution in [-0.2, 0) is 6.42 Å². The summed E-state index contributed by atoms with van der Waals surface area (Å²) in [6.07, 6.45) is -0.170. The molecule has 1 aromatic heterocycles. The van der Waals surface area contributed by atoms with Gasteiger partial charge in [0.25, 0.3) is 0 Å². The van der Waals surface area contributed by atoms with Crippen LogP contribution in [0.1, 0.15) is 19.7 Å². The van der Waals surface area contributed by atoms with E-state index < -0.39 is 6.10 Å². The van der Waals surface area contributed by atoms with Crippen LogP contribution in [0.25, 0.3) is 11.4 Å². The van der Waals surface area contributed by atoms with Gasteiger partial charge in [0.1, 0.15) is 5.75 Å². The van der Waals surface area contributed by atoms with Crippen LogP contribution in [0.5, 0.6) is 5.75 Å². The lowest BCUT2D eigenvalue weighted by molar-refractivity contribution is 0.116. The van der Waals surface area contributed by atoms with Crippen LogP contribution in [0.4, 0.5) is 0 Å². The Kier molecular flexibility index (Phi) is 4.62. The smallest absolute Gasteiger partial charge is 0.229 e. The lowest BCUT2D eigenvalue weighted by Gasteiger charge is -2.10. The average molecular weight is 297 g/mol. The quantitative estimate of drug-likeness (QED) is 0.918. The highest BCUT2D eigenvalue weighted by molar-refractivity contribution is 6.30. The van der Waals surface area contributed by atoms with Gasteiger partial charge in [-0.2, -0.15) is 4.98 Å². The minimum Gasteiger partial charge on any atom is -0.496 e. The van der Waals surface area contributed by atoms with Crippen LogP contribution in [0, 0.1) is 5.92 Å². The van der Waals surface area contributed by atoms with Crippen molar-refractivity contribution in [3.63, 3.8) is 0 Å². The summed E-state index contributed by atoms with van der Waals surface area (Å²) in [5.41, 5.74) is 0.700. The highest BCUT2D eigenvalue weighted by atomic mass is 35.5. The summed E-state index contributed by atoms with van der Waals surface area (Å²) in [7, 11) is 1.55. The fourth-order valence-corrected chi connectivity index (χ4v) is 1.87. The van der Waals surface area contributed by atoms with Gasteiger partial charge in [-0.25, -0.2) is 0 Å². The molecule has 0 aliphatic carbocycles. The molecule has 0 bridgehead atoms. The van der Waals surface area contributed by atoms with E-state index in [2.05, 4.69) is 10.1 Å². The van der Waals surface area contributed by atoms with Crippen molar-refractivity contribution < 1.29 is 14.4 Å². The van der Waals surface area contributed by atoms with Crippen molar-refractivity contribution in [3.8, 4) is 17.1 Å². The Hall–Kier alpha value is -1.59. The standard InChI is InChI=1S/C14H17ClN2O3/c1-8(2)11(18)7-13-16-14(17-20-13)10-5-4-9(15)6-12(10)19-3/h4-6,8,11,18H,7H2,1-3H3. The Morgan fingerprint density at radius 1 is 1.40 bits per heavy atom. The number of aliphatic hydroxyl groups is 1. The number of aliphatic hydroxyl groups excluding tert-OH is 1. The molecule has 0 saturated carbocycles. The molecule has 1 atom stereocenters. The number of benzene rings is 1. The number of halogens is 1. The van der Waals surface area contributed by atoms with Crippen molar-refractivity contribution in [2.75, 3.05) is 7.11 Å². The van der Waals surface area contributed by atoms with Crippen molar-refractivity contribution in [1.29, 1.82) is 0 Å². The van der Waals surface area contributed by atoms with E-state index in [1.54, 1.807) is 25.3 Å². The highest BCUT2D eigenvalue weighted by Gasteiger charge is 2.17. The van der Waals surface area contributed by atoms with E-state index in [0.29, 0.717) is 34.5 Å². The Bertz CT molecular complexity index is 584. The molecule has 0 spiro atoms. The van der Waals surface area contributed by atoms with Crippen LogP contribution in [0.2, 0.25) is 5.02 Å². The second kappa shape index (κ2) is 6.24. The summed E-state index contributed by atoms with van der Waals surface area (Å²) in [4.78, 5) is 4.28. The summed E-state index contributed by atoms with van der Waals surface area (Å²) < 4.78 is 10.4. The predicted molar refractivity (Wildman–Crippen MR) is 75.8 cm³/mol. The molecule has 2 rings (SSSR count). The van der Waals surface area contributed by atoms with Gasteiger partial charge < -0.3 is 14.4 Å². The minimum atomic E-state index is -0.504. The van der Waals surface area contributed by atoms with E-state index in [0.717, 1.165) is 0 Å². The Morgan fingerprint density at radius 2 is 2.15 bits per heavy atom. The van der Waals surface area contributed by atoms with E-state index in [9.17, 15) is 5.11 Å². The Morgan fingerprint density at radius 3 is 2.80 bits per heavy atom. The van der Waals surface area contributed by atoms with Gasteiger partial charge in [-0.1, -0.05) is 30.6 Å². The molecule has 1 unspecified atom stereocenters. The second-order valence-corrected chi connectivity index (χ2v) is 5.31. The molecule has 0 radical (unpaired) electrons. The maximum atomic E-state index is 9.83. The molecule has 5 nitrogen and oxygen atoms in total. The Balaban J connectivity index is 2.24. The zero-order chi connectivity index (χ0) is 14.7. The molecule has 1 N–H and O–H groups in total. The van der Waals surface area contributed by atoms with E-state index in [1.807, 2.05) is 13.8 Å². The second-order valence-electron chi connectivity index (χ2n) is 4.87. The van der Waals surface area contributed by atoms with Crippen molar-refractivity contribution >= 4 is 11.6 Å². The minimum absolute atomic E-state index is 0.135. The molecule has 20 heavy (non-hydrogen) atoms. The van der Waals surface area contributed by atoms with Gasteiger partial charge in [0.2, 0.25) is 11.7 Å². The predicted octanol–water partition coefficient (Wildman–Crippen LogP) is 2.96.